The SMILES string of the molecule is CC.CCCCCCCCOc1cc(Nc2c(Cl)cc(NCCCC)cc2Cl)c2c3c(nc(-c4cc(Cl)ccc4O)nc13)-c1ccccc1C2=O. The highest BCUT2D eigenvalue weighted by atomic mass is 35.5. The highest BCUT2D eigenvalue weighted by Crippen LogP contribution is 2.47. The molecule has 6 rings (SSSR count). The van der Waals surface area contributed by atoms with Gasteiger partial charge in [-0.15, -0.1) is 0 Å². The molecule has 10 heteroatoms. The lowest BCUT2D eigenvalue weighted by Gasteiger charge is -2.24. The highest BCUT2D eigenvalue weighted by molar-refractivity contribution is 6.40. The number of unbranched alkanes of at least 4 members (excludes halogenated alkanes) is 6. The number of phenols is 1. The van der Waals surface area contributed by atoms with E-state index in [-0.39, 0.29) is 17.4 Å². The Morgan fingerprint density at radius 3 is 2.20 bits per heavy atom. The Kier molecular flexibility index (Phi) is 13.4. The van der Waals surface area contributed by atoms with Gasteiger partial charge < -0.3 is 20.5 Å². The van der Waals surface area contributed by atoms with Crippen molar-refractivity contribution in [1.82, 2.24) is 9.97 Å². The first-order valence-corrected chi connectivity index (χ1v) is 19.1. The van der Waals surface area contributed by atoms with E-state index in [4.69, 9.17) is 49.5 Å². The minimum Gasteiger partial charge on any atom is -0.507 e. The van der Waals surface area contributed by atoms with Crippen molar-refractivity contribution >= 4 is 68.6 Å². The number of nitrogens with zero attached hydrogens (tertiary/aromatic N) is 2. The number of ether oxygens (including phenoxy) is 1. The number of phenolic OH excluding ortho intramolecular Hbond substituents is 1. The maximum Gasteiger partial charge on any atom is 0.196 e. The number of nitrogens with one attached hydrogen (secondary N) is 2. The number of ketones is 1. The molecule has 0 amide bonds. The van der Waals surface area contributed by atoms with Gasteiger partial charge in [-0.05, 0) is 43.2 Å². The number of benzene rings is 4. The molecule has 5 aromatic rings. The molecule has 0 saturated carbocycles. The van der Waals surface area contributed by atoms with Gasteiger partial charge in [-0.2, -0.15) is 0 Å². The van der Waals surface area contributed by atoms with Crippen LogP contribution in [0.15, 0.2) is 60.7 Å². The molecule has 0 unspecified atom stereocenters. The summed E-state index contributed by atoms with van der Waals surface area (Å²) >= 11 is 20.0. The summed E-state index contributed by atoms with van der Waals surface area (Å²) in [5, 5.41) is 19.4. The summed E-state index contributed by atoms with van der Waals surface area (Å²) < 4.78 is 6.48. The second-order valence-corrected chi connectivity index (χ2v) is 13.5. The summed E-state index contributed by atoms with van der Waals surface area (Å²) in [5.41, 5.74) is 4.67. The van der Waals surface area contributed by atoms with Crippen LogP contribution in [0.4, 0.5) is 17.1 Å². The zero-order valence-electron chi connectivity index (χ0n) is 29.6. The van der Waals surface area contributed by atoms with E-state index >= 15 is 0 Å². The predicted molar refractivity (Wildman–Crippen MR) is 214 cm³/mol. The molecule has 0 fully saturated rings. The molecule has 3 N–H and O–H groups in total. The van der Waals surface area contributed by atoms with Crippen molar-refractivity contribution in [2.75, 3.05) is 23.8 Å². The molecule has 7 nitrogen and oxygen atoms in total. The Labute approximate surface area is 315 Å². The Balaban J connectivity index is 0.00000248. The summed E-state index contributed by atoms with van der Waals surface area (Å²) in [6.45, 7) is 9.60. The fourth-order valence-corrected chi connectivity index (χ4v) is 6.91. The van der Waals surface area contributed by atoms with E-state index in [9.17, 15) is 9.90 Å². The van der Waals surface area contributed by atoms with Crippen LogP contribution in [0.3, 0.4) is 0 Å². The van der Waals surface area contributed by atoms with Gasteiger partial charge in [-0.3, -0.25) is 4.79 Å². The monoisotopic (exact) mass is 746 g/mol. The van der Waals surface area contributed by atoms with E-state index in [2.05, 4.69) is 24.5 Å². The lowest BCUT2D eigenvalue weighted by Crippen LogP contribution is -2.15. The maximum atomic E-state index is 14.4. The molecular formula is C41H45Cl3N4O3. The third kappa shape index (κ3) is 8.54. The van der Waals surface area contributed by atoms with Gasteiger partial charge >= 0.3 is 0 Å². The smallest absolute Gasteiger partial charge is 0.196 e. The molecule has 1 aromatic heterocycles. The molecule has 0 saturated heterocycles. The van der Waals surface area contributed by atoms with Crippen LogP contribution >= 0.6 is 34.8 Å². The van der Waals surface area contributed by atoms with Crippen molar-refractivity contribution in [1.29, 1.82) is 0 Å². The molecular weight excluding hydrogens is 703 g/mol. The Morgan fingerprint density at radius 1 is 0.784 bits per heavy atom. The number of aromatic hydroxyl groups is 1. The number of hydrogen-bond donors (Lipinski definition) is 3. The number of fused-ring (bicyclic) bond motifs is 2. The normalized spacial score (nSPS) is 11.5. The van der Waals surface area contributed by atoms with E-state index in [1.165, 1.54) is 25.3 Å². The molecule has 0 atom stereocenters. The summed E-state index contributed by atoms with van der Waals surface area (Å²) in [6.07, 6.45) is 8.72. The maximum absolute atomic E-state index is 14.4. The van der Waals surface area contributed by atoms with Crippen LogP contribution in [0.2, 0.25) is 15.1 Å². The van der Waals surface area contributed by atoms with Crippen LogP contribution in [0.1, 0.15) is 95.0 Å². The number of rotatable bonds is 15. The van der Waals surface area contributed by atoms with Crippen LogP contribution in [0.5, 0.6) is 11.5 Å². The number of carbonyl (C=O) groups is 1. The number of halogens is 3. The van der Waals surface area contributed by atoms with E-state index in [0.717, 1.165) is 44.3 Å². The van der Waals surface area contributed by atoms with Gasteiger partial charge in [-0.1, -0.05) is 125 Å². The molecule has 0 radical (unpaired) electrons. The molecule has 1 aliphatic rings. The van der Waals surface area contributed by atoms with Crippen LogP contribution in [0, 0.1) is 0 Å². The molecule has 51 heavy (non-hydrogen) atoms. The number of carbonyl (C=O) groups excluding carboxylic acids is 1. The van der Waals surface area contributed by atoms with Crippen LogP contribution in [-0.2, 0) is 0 Å². The molecule has 1 heterocycles. The summed E-state index contributed by atoms with van der Waals surface area (Å²) in [7, 11) is 0. The molecule has 0 aliphatic heterocycles. The Hall–Kier alpha value is -4.04. The third-order valence-electron chi connectivity index (χ3n) is 8.71. The first-order chi connectivity index (χ1) is 24.8. The number of hydrogen-bond acceptors (Lipinski definition) is 7. The van der Waals surface area contributed by atoms with Gasteiger partial charge in [0, 0.05) is 39.8 Å². The zero-order chi connectivity index (χ0) is 36.5. The van der Waals surface area contributed by atoms with E-state index in [0.29, 0.717) is 77.6 Å². The number of aromatic nitrogens is 2. The highest BCUT2D eigenvalue weighted by Gasteiger charge is 2.32. The minimum absolute atomic E-state index is 0.0129. The lowest BCUT2D eigenvalue weighted by atomic mass is 9.85. The van der Waals surface area contributed by atoms with Gasteiger partial charge in [-0.25, -0.2) is 9.97 Å². The molecule has 1 aliphatic carbocycles. The molecule has 4 aromatic carbocycles. The lowest BCUT2D eigenvalue weighted by molar-refractivity contribution is 0.104. The summed E-state index contributed by atoms with van der Waals surface area (Å²) in [4.78, 5) is 24.3. The van der Waals surface area contributed by atoms with Crippen molar-refractivity contribution < 1.29 is 14.6 Å². The van der Waals surface area contributed by atoms with Crippen molar-refractivity contribution in [3.63, 3.8) is 0 Å². The third-order valence-corrected chi connectivity index (χ3v) is 9.54. The first kappa shape index (κ1) is 38.2. The Bertz CT molecular complexity index is 1990. The topological polar surface area (TPSA) is 96.4 Å². The van der Waals surface area contributed by atoms with Crippen molar-refractivity contribution in [3.8, 4) is 34.1 Å². The van der Waals surface area contributed by atoms with Crippen molar-refractivity contribution in [2.24, 2.45) is 0 Å². The first-order valence-electron chi connectivity index (χ1n) is 17.9. The predicted octanol–water partition coefficient (Wildman–Crippen LogP) is 12.9. The van der Waals surface area contributed by atoms with Crippen molar-refractivity contribution in [3.05, 3.63) is 86.9 Å². The van der Waals surface area contributed by atoms with Gasteiger partial charge in [0.05, 0.1) is 44.8 Å². The van der Waals surface area contributed by atoms with Gasteiger partial charge in [0.25, 0.3) is 0 Å². The average molecular weight is 748 g/mol. The number of anilines is 3. The van der Waals surface area contributed by atoms with Crippen molar-refractivity contribution in [2.45, 2.75) is 79.1 Å². The fraction of sp³-hybridized carbons (Fsp3) is 0.341. The van der Waals surface area contributed by atoms with Gasteiger partial charge in [0.1, 0.15) is 17.0 Å². The van der Waals surface area contributed by atoms with Gasteiger partial charge in [0.15, 0.2) is 11.6 Å². The largest absolute Gasteiger partial charge is 0.507 e. The van der Waals surface area contributed by atoms with E-state index < -0.39 is 0 Å². The molecule has 268 valence electrons. The minimum atomic E-state index is -0.190. The summed E-state index contributed by atoms with van der Waals surface area (Å²) in [5.74, 6) is 0.532. The average Bonchev–Trinajstić information content (AvgIpc) is 3.13. The fourth-order valence-electron chi connectivity index (χ4n) is 6.15. The van der Waals surface area contributed by atoms with E-state index in [1.807, 2.05) is 44.2 Å². The van der Waals surface area contributed by atoms with Gasteiger partial charge in [0.2, 0.25) is 0 Å². The molecule has 0 spiro atoms. The van der Waals surface area contributed by atoms with E-state index in [1.54, 1.807) is 24.3 Å². The van der Waals surface area contributed by atoms with Crippen LogP contribution < -0.4 is 15.4 Å². The zero-order valence-corrected chi connectivity index (χ0v) is 31.9. The standard InChI is InChI=1S/C39H39Cl3N4O3.C2H6/c1-3-5-7-8-9-12-18-49-32-22-30(44-36-28(41)20-24(21-29(36)42)43-17-6-4-2)33-34-35(25-13-10-11-14-26(25)38(33)48)45-39(46-37(32)34)27-19-23(40)15-16-31(27)47;1-2/h10-11,13-16,19-22,43-44,47H,3-9,12,17-18H2,1-2H3;1-2H3. The molecule has 0 bridgehead atoms. The quantitative estimate of drug-likeness (QED) is 0.0900. The second-order valence-electron chi connectivity index (χ2n) is 12.3. The Morgan fingerprint density at radius 2 is 1.47 bits per heavy atom. The second kappa shape index (κ2) is 17.9. The summed E-state index contributed by atoms with van der Waals surface area (Å²) in [6, 6.07) is 17.5. The van der Waals surface area contributed by atoms with Crippen LogP contribution in [0.25, 0.3) is 33.5 Å². The van der Waals surface area contributed by atoms with Crippen LogP contribution in [-0.4, -0.2) is 34.0 Å².